The largest absolute Gasteiger partial charge is 0.387 e. The van der Waals surface area contributed by atoms with Crippen LogP contribution >= 0.6 is 0 Å². The standard InChI is InChI=1S/C9H18O2/c1-3-6-11-7-9(2,10)8-4-5-8/h8,10H,3-7H2,1-2H3. The maximum absolute atomic E-state index is 9.76. The molecule has 1 aliphatic carbocycles. The van der Waals surface area contributed by atoms with Gasteiger partial charge in [0.2, 0.25) is 0 Å². The molecule has 1 fully saturated rings. The molecule has 1 aliphatic rings. The molecule has 66 valence electrons. The Morgan fingerprint density at radius 1 is 1.55 bits per heavy atom. The van der Waals surface area contributed by atoms with Crippen molar-refractivity contribution in [3.8, 4) is 0 Å². The van der Waals surface area contributed by atoms with Crippen molar-refractivity contribution in [3.63, 3.8) is 0 Å². The monoisotopic (exact) mass is 158 g/mol. The molecule has 1 rings (SSSR count). The van der Waals surface area contributed by atoms with Crippen molar-refractivity contribution >= 4 is 0 Å². The number of ether oxygens (including phenoxy) is 1. The van der Waals surface area contributed by atoms with E-state index in [4.69, 9.17) is 4.74 Å². The van der Waals surface area contributed by atoms with Crippen LogP contribution in [0.15, 0.2) is 0 Å². The molecule has 1 N–H and O–H groups in total. The highest BCUT2D eigenvalue weighted by atomic mass is 16.5. The van der Waals surface area contributed by atoms with Gasteiger partial charge in [-0.1, -0.05) is 6.92 Å². The van der Waals surface area contributed by atoms with Crippen LogP contribution in [0.4, 0.5) is 0 Å². The Kier molecular flexibility index (Phi) is 2.90. The normalized spacial score (nSPS) is 23.2. The summed E-state index contributed by atoms with van der Waals surface area (Å²) in [5, 5.41) is 9.76. The first-order valence-corrected chi connectivity index (χ1v) is 4.47. The molecule has 1 saturated carbocycles. The first kappa shape index (κ1) is 9.01. The van der Waals surface area contributed by atoms with Crippen LogP contribution < -0.4 is 0 Å². The Bertz CT molecular complexity index is 117. The van der Waals surface area contributed by atoms with E-state index >= 15 is 0 Å². The molecule has 0 radical (unpaired) electrons. The third kappa shape index (κ3) is 2.80. The highest BCUT2D eigenvalue weighted by molar-refractivity contribution is 4.90. The van der Waals surface area contributed by atoms with Crippen LogP contribution in [-0.4, -0.2) is 23.9 Å². The number of hydrogen-bond acceptors (Lipinski definition) is 2. The lowest BCUT2D eigenvalue weighted by Gasteiger charge is -2.22. The Morgan fingerprint density at radius 2 is 2.18 bits per heavy atom. The minimum absolute atomic E-state index is 0.499. The predicted octanol–water partition coefficient (Wildman–Crippen LogP) is 1.57. The third-order valence-electron chi connectivity index (χ3n) is 2.20. The van der Waals surface area contributed by atoms with E-state index in [9.17, 15) is 5.11 Å². The van der Waals surface area contributed by atoms with Gasteiger partial charge in [-0.3, -0.25) is 0 Å². The van der Waals surface area contributed by atoms with Crippen molar-refractivity contribution in [2.24, 2.45) is 5.92 Å². The fraction of sp³-hybridized carbons (Fsp3) is 1.00. The molecule has 1 unspecified atom stereocenters. The van der Waals surface area contributed by atoms with Crippen molar-refractivity contribution in [2.75, 3.05) is 13.2 Å². The van der Waals surface area contributed by atoms with Gasteiger partial charge in [0.25, 0.3) is 0 Å². The van der Waals surface area contributed by atoms with E-state index < -0.39 is 5.60 Å². The second-order valence-electron chi connectivity index (χ2n) is 3.68. The lowest BCUT2D eigenvalue weighted by molar-refractivity contribution is -0.0480. The predicted molar refractivity (Wildman–Crippen MR) is 44.5 cm³/mol. The molecular weight excluding hydrogens is 140 g/mol. The number of aliphatic hydroxyl groups is 1. The molecule has 0 aromatic carbocycles. The van der Waals surface area contributed by atoms with E-state index in [2.05, 4.69) is 6.92 Å². The second-order valence-corrected chi connectivity index (χ2v) is 3.68. The Hall–Kier alpha value is -0.0800. The Morgan fingerprint density at radius 3 is 2.64 bits per heavy atom. The van der Waals surface area contributed by atoms with Gasteiger partial charge in [-0.15, -0.1) is 0 Å². The van der Waals surface area contributed by atoms with Gasteiger partial charge in [-0.25, -0.2) is 0 Å². The Labute approximate surface area is 68.6 Å². The summed E-state index contributed by atoms with van der Waals surface area (Å²) in [4.78, 5) is 0. The molecule has 1 atom stereocenters. The van der Waals surface area contributed by atoms with E-state index in [-0.39, 0.29) is 0 Å². The van der Waals surface area contributed by atoms with E-state index in [1.807, 2.05) is 6.92 Å². The molecule has 0 spiro atoms. The van der Waals surface area contributed by atoms with E-state index in [0.29, 0.717) is 12.5 Å². The smallest absolute Gasteiger partial charge is 0.0880 e. The third-order valence-corrected chi connectivity index (χ3v) is 2.20. The van der Waals surface area contributed by atoms with Crippen molar-refractivity contribution < 1.29 is 9.84 Å². The molecule has 0 heterocycles. The van der Waals surface area contributed by atoms with Crippen LogP contribution in [0.5, 0.6) is 0 Å². The maximum atomic E-state index is 9.76. The lowest BCUT2D eigenvalue weighted by atomic mass is 10.0. The Balaban J connectivity index is 2.12. The summed E-state index contributed by atoms with van der Waals surface area (Å²) in [6, 6.07) is 0. The minimum Gasteiger partial charge on any atom is -0.387 e. The van der Waals surface area contributed by atoms with Gasteiger partial charge in [0.05, 0.1) is 12.2 Å². The van der Waals surface area contributed by atoms with Crippen LogP contribution in [0.3, 0.4) is 0 Å². The lowest BCUT2D eigenvalue weighted by Crippen LogP contribution is -2.33. The zero-order valence-corrected chi connectivity index (χ0v) is 7.47. The van der Waals surface area contributed by atoms with Crippen molar-refractivity contribution in [3.05, 3.63) is 0 Å². The fourth-order valence-electron chi connectivity index (χ4n) is 1.25. The molecule has 2 nitrogen and oxygen atoms in total. The summed E-state index contributed by atoms with van der Waals surface area (Å²) in [6.45, 7) is 5.22. The summed E-state index contributed by atoms with van der Waals surface area (Å²) in [7, 11) is 0. The molecular formula is C9H18O2. The molecule has 0 saturated heterocycles. The van der Waals surface area contributed by atoms with E-state index in [1.165, 1.54) is 12.8 Å². The first-order valence-electron chi connectivity index (χ1n) is 4.47. The van der Waals surface area contributed by atoms with Crippen molar-refractivity contribution in [1.82, 2.24) is 0 Å². The van der Waals surface area contributed by atoms with Crippen LogP contribution in [0.25, 0.3) is 0 Å². The zero-order valence-electron chi connectivity index (χ0n) is 7.47. The SMILES string of the molecule is CCCOCC(C)(O)C1CC1. The minimum atomic E-state index is -0.560. The summed E-state index contributed by atoms with van der Waals surface area (Å²) in [6.07, 6.45) is 3.37. The average molecular weight is 158 g/mol. The number of rotatable bonds is 5. The molecule has 0 amide bonds. The van der Waals surface area contributed by atoms with Crippen molar-refractivity contribution in [1.29, 1.82) is 0 Å². The highest BCUT2D eigenvalue weighted by Crippen LogP contribution is 2.39. The molecule has 0 aliphatic heterocycles. The van der Waals surface area contributed by atoms with Crippen LogP contribution in [0.2, 0.25) is 0 Å². The molecule has 11 heavy (non-hydrogen) atoms. The van der Waals surface area contributed by atoms with Gasteiger partial charge in [-0.2, -0.15) is 0 Å². The highest BCUT2D eigenvalue weighted by Gasteiger charge is 2.39. The van der Waals surface area contributed by atoms with Gasteiger partial charge < -0.3 is 9.84 Å². The maximum Gasteiger partial charge on any atom is 0.0880 e. The first-order chi connectivity index (χ1) is 5.17. The molecule has 0 aromatic heterocycles. The van der Waals surface area contributed by atoms with Crippen LogP contribution in [0, 0.1) is 5.92 Å². The topological polar surface area (TPSA) is 29.5 Å². The van der Waals surface area contributed by atoms with Gasteiger partial charge in [-0.05, 0) is 32.1 Å². The van der Waals surface area contributed by atoms with E-state index in [0.717, 1.165) is 13.0 Å². The number of hydrogen-bond donors (Lipinski definition) is 1. The van der Waals surface area contributed by atoms with Gasteiger partial charge in [0.1, 0.15) is 0 Å². The van der Waals surface area contributed by atoms with Crippen LogP contribution in [-0.2, 0) is 4.74 Å². The van der Waals surface area contributed by atoms with Gasteiger partial charge in [0, 0.05) is 6.61 Å². The molecule has 0 bridgehead atoms. The quantitative estimate of drug-likeness (QED) is 0.615. The molecule has 0 aromatic rings. The summed E-state index contributed by atoms with van der Waals surface area (Å²) in [5.41, 5.74) is -0.560. The zero-order chi connectivity index (χ0) is 8.32. The fourth-order valence-corrected chi connectivity index (χ4v) is 1.25. The van der Waals surface area contributed by atoms with Gasteiger partial charge >= 0.3 is 0 Å². The van der Waals surface area contributed by atoms with Gasteiger partial charge in [0.15, 0.2) is 0 Å². The average Bonchev–Trinajstić information content (AvgIpc) is 2.68. The van der Waals surface area contributed by atoms with Crippen molar-refractivity contribution in [2.45, 2.75) is 38.7 Å². The summed E-state index contributed by atoms with van der Waals surface area (Å²) >= 11 is 0. The summed E-state index contributed by atoms with van der Waals surface area (Å²) < 4.78 is 5.30. The second kappa shape index (κ2) is 3.55. The summed E-state index contributed by atoms with van der Waals surface area (Å²) in [5.74, 6) is 0.499. The molecule has 2 heteroatoms. The van der Waals surface area contributed by atoms with E-state index in [1.54, 1.807) is 0 Å². The van der Waals surface area contributed by atoms with Crippen LogP contribution in [0.1, 0.15) is 33.1 Å².